The molecule has 2 heterocycles. The average molecular weight is 572 g/mol. The van der Waals surface area contributed by atoms with Gasteiger partial charge in [0.15, 0.2) is 6.29 Å². The summed E-state index contributed by atoms with van der Waals surface area (Å²) in [5, 5.41) is 54.8. The molecule has 0 radical (unpaired) electrons. The molecule has 1 saturated carbocycles. The van der Waals surface area contributed by atoms with Crippen LogP contribution >= 0.6 is 0 Å². The van der Waals surface area contributed by atoms with Gasteiger partial charge >= 0.3 is 0 Å². The Labute approximate surface area is 243 Å². The van der Waals surface area contributed by atoms with E-state index < -0.39 is 37.3 Å². The van der Waals surface area contributed by atoms with Crippen molar-refractivity contribution >= 4 is 0 Å². The van der Waals surface area contributed by atoms with Crippen LogP contribution in [-0.2, 0) is 15.9 Å². The van der Waals surface area contributed by atoms with E-state index in [0.29, 0.717) is 17.8 Å². The Hall–Kier alpha value is -1.36. The number of allylic oxidation sites excluding steroid dienone is 1. The highest BCUT2D eigenvalue weighted by atomic mass is 16.7. The lowest BCUT2D eigenvalue weighted by Gasteiger charge is -2.50. The molecule has 228 valence electrons. The van der Waals surface area contributed by atoms with Crippen molar-refractivity contribution in [2.24, 2.45) is 17.3 Å². The van der Waals surface area contributed by atoms with Crippen LogP contribution in [0.1, 0.15) is 87.0 Å². The van der Waals surface area contributed by atoms with Gasteiger partial charge in [-0.15, -0.1) is 0 Å². The number of ether oxygens (including phenoxy) is 2. The number of hydrogen-bond acceptors (Lipinski definition) is 8. The summed E-state index contributed by atoms with van der Waals surface area (Å²) in [7, 11) is 0. The molecule has 0 unspecified atom stereocenters. The van der Waals surface area contributed by atoms with Gasteiger partial charge in [-0.1, -0.05) is 44.6 Å². The number of benzene rings is 1. The monoisotopic (exact) mass is 571 g/mol. The zero-order valence-electron chi connectivity index (χ0n) is 24.9. The molecule has 41 heavy (non-hydrogen) atoms. The lowest BCUT2D eigenvalue weighted by molar-refractivity contribution is -0.312. The third-order valence-electron chi connectivity index (χ3n) is 11.6. The number of aliphatic hydroxyl groups excluding tert-OH is 5. The fourth-order valence-electron chi connectivity index (χ4n) is 8.96. The second kappa shape index (κ2) is 11.3. The predicted molar refractivity (Wildman–Crippen MR) is 154 cm³/mol. The number of fused-ring (bicyclic) bond motifs is 5. The molecule has 1 aromatic carbocycles. The Kier molecular flexibility index (Phi) is 8.18. The molecule has 8 nitrogen and oxygen atoms in total. The molecule has 0 amide bonds. The van der Waals surface area contributed by atoms with E-state index in [0.717, 1.165) is 45.1 Å². The van der Waals surface area contributed by atoms with Crippen LogP contribution in [0.5, 0.6) is 0 Å². The molecule has 1 aromatic rings. The summed E-state index contributed by atoms with van der Waals surface area (Å²) >= 11 is 0. The average Bonchev–Trinajstić information content (AvgIpc) is 3.34. The number of hydrogen-bond donors (Lipinski definition) is 6. The van der Waals surface area contributed by atoms with Crippen LogP contribution in [0, 0.1) is 24.2 Å². The van der Waals surface area contributed by atoms with Gasteiger partial charge in [0, 0.05) is 6.04 Å². The highest BCUT2D eigenvalue weighted by Crippen LogP contribution is 2.60. The number of nitrogens with one attached hydrogen (secondary N) is 1. The molecule has 3 fully saturated rings. The third-order valence-corrected chi connectivity index (χ3v) is 11.6. The fraction of sp³-hybridized carbons (Fsp3) is 0.758. The predicted octanol–water partition coefficient (Wildman–Crippen LogP) is 2.42. The van der Waals surface area contributed by atoms with Gasteiger partial charge in [0.1, 0.15) is 24.4 Å². The first kappa shape index (κ1) is 29.7. The van der Waals surface area contributed by atoms with Crippen molar-refractivity contribution < 1.29 is 35.0 Å². The molecular weight excluding hydrogens is 522 g/mol. The van der Waals surface area contributed by atoms with Gasteiger partial charge < -0.3 is 40.3 Å². The summed E-state index contributed by atoms with van der Waals surface area (Å²) in [6.07, 6.45) is 1.14. The topological polar surface area (TPSA) is 132 Å². The fourth-order valence-corrected chi connectivity index (χ4v) is 8.96. The second-order valence-electron chi connectivity index (χ2n) is 14.0. The van der Waals surface area contributed by atoms with Crippen molar-refractivity contribution in [2.45, 2.75) is 127 Å². The highest BCUT2D eigenvalue weighted by Gasteiger charge is 2.52. The van der Waals surface area contributed by atoms with Crippen LogP contribution < -0.4 is 5.32 Å². The molecule has 2 saturated heterocycles. The maximum absolute atomic E-state index is 10.8. The molecule has 6 rings (SSSR count). The van der Waals surface area contributed by atoms with E-state index in [9.17, 15) is 25.5 Å². The summed E-state index contributed by atoms with van der Waals surface area (Å²) in [4.78, 5) is 0. The molecule has 6 N–H and O–H groups in total. The Morgan fingerprint density at radius 2 is 1.90 bits per heavy atom. The molecule has 0 bridgehead atoms. The maximum Gasteiger partial charge on any atom is 0.186 e. The van der Waals surface area contributed by atoms with Gasteiger partial charge in [0.25, 0.3) is 0 Å². The Morgan fingerprint density at radius 3 is 2.63 bits per heavy atom. The summed E-state index contributed by atoms with van der Waals surface area (Å²) in [5.41, 5.74) is 7.20. The molecular formula is C33H49NO7. The Morgan fingerprint density at radius 1 is 1.12 bits per heavy atom. The van der Waals surface area contributed by atoms with E-state index in [4.69, 9.17) is 9.47 Å². The normalized spacial score (nSPS) is 44.9. The molecule has 3 aliphatic carbocycles. The van der Waals surface area contributed by atoms with Crippen molar-refractivity contribution in [1.82, 2.24) is 5.32 Å². The first-order chi connectivity index (χ1) is 19.5. The second-order valence-corrected chi connectivity index (χ2v) is 14.0. The standard InChI is InChI=1S/C33H49NO7/c1-16-11-26(36)28(34-14-16)18(3)21-7-8-22-23-6-5-19-12-20(9-10-33(19,4)25(23)13-24(22)17(21)2)40-32-31(39)30(38)29(37)27(15-35)41-32/h5,7-8,16,18,20,23,25-32,34-39H,6,9-15H2,1-4H3/t16-,18-,20-,23-,25-,26+,27+,28-,29+,30-,31+,32+,33-/m0/s1. The van der Waals surface area contributed by atoms with E-state index in [-0.39, 0.29) is 29.6 Å². The quantitative estimate of drug-likeness (QED) is 0.297. The minimum atomic E-state index is -1.43. The molecule has 0 aromatic heterocycles. The number of piperidine rings is 1. The Bertz CT molecular complexity index is 1150. The molecule has 5 aliphatic rings. The Balaban J connectivity index is 1.16. The maximum atomic E-state index is 10.8. The summed E-state index contributed by atoms with van der Waals surface area (Å²) in [6.45, 7) is 9.63. The van der Waals surface area contributed by atoms with Gasteiger partial charge in [0.2, 0.25) is 0 Å². The van der Waals surface area contributed by atoms with Crippen molar-refractivity contribution in [1.29, 1.82) is 0 Å². The largest absolute Gasteiger partial charge is 0.394 e. The number of rotatable bonds is 5. The lowest BCUT2D eigenvalue weighted by atomic mass is 9.57. The van der Waals surface area contributed by atoms with Crippen LogP contribution in [0.25, 0.3) is 0 Å². The van der Waals surface area contributed by atoms with Crippen molar-refractivity contribution in [3.05, 3.63) is 46.0 Å². The van der Waals surface area contributed by atoms with Crippen LogP contribution in [0.15, 0.2) is 23.8 Å². The lowest BCUT2D eigenvalue weighted by Crippen LogP contribution is -2.59. The van der Waals surface area contributed by atoms with Crippen LogP contribution in [0.4, 0.5) is 0 Å². The van der Waals surface area contributed by atoms with Crippen molar-refractivity contribution in [3.63, 3.8) is 0 Å². The van der Waals surface area contributed by atoms with Gasteiger partial charge in [-0.2, -0.15) is 0 Å². The smallest absolute Gasteiger partial charge is 0.186 e. The van der Waals surface area contributed by atoms with Crippen molar-refractivity contribution in [2.75, 3.05) is 13.2 Å². The van der Waals surface area contributed by atoms with Crippen LogP contribution in [0.2, 0.25) is 0 Å². The summed E-state index contributed by atoms with van der Waals surface area (Å²) in [5.74, 6) is 1.76. The molecule has 8 heteroatoms. The molecule has 2 aliphatic heterocycles. The molecule has 13 atom stereocenters. The van der Waals surface area contributed by atoms with Crippen molar-refractivity contribution in [3.8, 4) is 0 Å². The number of aliphatic hydroxyl groups is 5. The van der Waals surface area contributed by atoms with Gasteiger partial charge in [-0.25, -0.2) is 0 Å². The van der Waals surface area contributed by atoms with Crippen LogP contribution in [0.3, 0.4) is 0 Å². The minimum Gasteiger partial charge on any atom is -0.394 e. The van der Waals surface area contributed by atoms with Gasteiger partial charge in [0.05, 0.1) is 18.8 Å². The first-order valence-electron chi connectivity index (χ1n) is 15.7. The van der Waals surface area contributed by atoms with E-state index in [1.807, 2.05) is 0 Å². The SMILES string of the molecule is Cc1c([C@H](C)[C@@H]2NC[C@@H](C)C[C@H]2O)ccc2c1C[C@H]1[C@H]2CC=C2C[C@@H](O[C@@H]3O[C@H](CO)[C@@H](O)[C@H](O)[C@H]3O)CC[C@@]21C. The van der Waals surface area contributed by atoms with E-state index in [2.05, 4.69) is 51.2 Å². The van der Waals surface area contributed by atoms with Gasteiger partial charge in [-0.3, -0.25) is 0 Å². The van der Waals surface area contributed by atoms with E-state index in [1.54, 1.807) is 0 Å². The van der Waals surface area contributed by atoms with E-state index >= 15 is 0 Å². The highest BCUT2D eigenvalue weighted by molar-refractivity contribution is 5.50. The summed E-state index contributed by atoms with van der Waals surface area (Å²) in [6, 6.07) is 4.77. The van der Waals surface area contributed by atoms with Gasteiger partial charge in [-0.05, 0) is 103 Å². The third kappa shape index (κ3) is 5.02. The zero-order chi connectivity index (χ0) is 29.2. The van der Waals surface area contributed by atoms with Crippen LogP contribution in [-0.4, -0.2) is 87.6 Å². The molecule has 0 spiro atoms. The van der Waals surface area contributed by atoms with E-state index in [1.165, 1.54) is 27.8 Å². The first-order valence-corrected chi connectivity index (χ1v) is 15.7. The summed E-state index contributed by atoms with van der Waals surface area (Å²) < 4.78 is 11.8. The minimum absolute atomic E-state index is 0.0622. The zero-order valence-corrected chi connectivity index (χ0v) is 24.9.